The fourth-order valence-corrected chi connectivity index (χ4v) is 10.3. The molecule has 15 rings (SSSR count). The lowest BCUT2D eigenvalue weighted by Crippen LogP contribution is -2.21. The lowest BCUT2D eigenvalue weighted by Gasteiger charge is -2.17. The minimum atomic E-state index is -0.219. The molecule has 1 N–H and O–H groups in total. The van der Waals surface area contributed by atoms with Gasteiger partial charge >= 0.3 is 5.69 Å². The highest BCUT2D eigenvalue weighted by atomic mass is 32.2. The number of hydrogen-bond donors (Lipinski definition) is 1. The van der Waals surface area contributed by atoms with Gasteiger partial charge in [0.1, 0.15) is 31.0 Å². The van der Waals surface area contributed by atoms with Gasteiger partial charge in [-0.15, -0.1) is 11.3 Å². The van der Waals surface area contributed by atoms with Crippen molar-refractivity contribution in [1.82, 2.24) is 49.8 Å². The molecular formula is C95H145N11O3S2. The quantitative estimate of drug-likeness (QED) is 0.175. The molecule has 0 amide bonds. The van der Waals surface area contributed by atoms with Gasteiger partial charge < -0.3 is 9.05 Å². The van der Waals surface area contributed by atoms with Crippen LogP contribution < -0.4 is 5.69 Å². The molecule has 0 spiro atoms. The average molecular weight is 1550 g/mol. The molecule has 0 saturated carbocycles. The Labute approximate surface area is 681 Å². The van der Waals surface area contributed by atoms with Gasteiger partial charge in [-0.05, 0) is 156 Å². The molecule has 13 aromatic rings. The number of hydrogen-bond acceptors (Lipinski definition) is 13. The Kier molecular flexibility index (Phi) is 73.7. The minimum Gasteiger partial charge on any atom is -0.364 e. The summed E-state index contributed by atoms with van der Waals surface area (Å²) in [7, 11) is 0. The average Bonchev–Trinajstić information content (AvgIpc) is 0.945. The molecule has 14 nitrogen and oxygen atoms in total. The van der Waals surface area contributed by atoms with Crippen LogP contribution in [0.2, 0.25) is 0 Å². The zero-order valence-electron chi connectivity index (χ0n) is 74.4. The molecule has 2 aliphatic rings. The van der Waals surface area contributed by atoms with Gasteiger partial charge in [-0.3, -0.25) is 15.0 Å². The van der Waals surface area contributed by atoms with Gasteiger partial charge in [0.25, 0.3) is 0 Å². The molecule has 7 aromatic carbocycles. The summed E-state index contributed by atoms with van der Waals surface area (Å²) in [4.78, 5) is 27.2. The van der Waals surface area contributed by atoms with Crippen molar-refractivity contribution in [3.05, 3.63) is 286 Å². The molecule has 111 heavy (non-hydrogen) atoms. The van der Waals surface area contributed by atoms with Gasteiger partial charge in [0, 0.05) is 52.6 Å². The van der Waals surface area contributed by atoms with E-state index in [1.165, 1.54) is 83.6 Å². The summed E-state index contributed by atoms with van der Waals surface area (Å²) in [6.45, 7) is 64.8. The predicted octanol–water partition coefficient (Wildman–Crippen LogP) is 29.2. The molecule has 1 unspecified atom stereocenters. The van der Waals surface area contributed by atoms with Crippen LogP contribution in [-0.4, -0.2) is 67.5 Å². The van der Waals surface area contributed by atoms with E-state index in [1.54, 1.807) is 48.7 Å². The smallest absolute Gasteiger partial charge is 0.347 e. The third kappa shape index (κ3) is 50.7. The molecule has 0 aliphatic carbocycles. The van der Waals surface area contributed by atoms with Crippen molar-refractivity contribution >= 4 is 61.8 Å². The lowest BCUT2D eigenvalue weighted by molar-refractivity contribution is 0.354. The van der Waals surface area contributed by atoms with Crippen LogP contribution in [0.1, 0.15) is 225 Å². The second kappa shape index (κ2) is 74.5. The Morgan fingerprint density at radius 1 is 0.532 bits per heavy atom. The third-order valence-corrected chi connectivity index (χ3v) is 15.7. The van der Waals surface area contributed by atoms with Gasteiger partial charge in [0.2, 0.25) is 0 Å². The van der Waals surface area contributed by atoms with Crippen LogP contribution >= 0.6 is 23.1 Å². The number of aromatic amines is 1. The number of allylic oxidation sites excluding steroid dienone is 2. The normalized spacial score (nSPS) is 10.7. The maximum Gasteiger partial charge on any atom is 0.347 e. The van der Waals surface area contributed by atoms with Gasteiger partial charge in [0.05, 0.1) is 34.6 Å². The fourth-order valence-electron chi connectivity index (χ4n) is 8.42. The number of nitrogens with zero attached hydrogens (tertiary/aromatic N) is 10. The maximum atomic E-state index is 11.1. The number of benzene rings is 7. The van der Waals surface area contributed by atoms with Crippen LogP contribution in [0.5, 0.6) is 0 Å². The maximum absolute atomic E-state index is 11.1. The van der Waals surface area contributed by atoms with Crippen molar-refractivity contribution < 1.29 is 9.05 Å². The summed E-state index contributed by atoms with van der Waals surface area (Å²) in [5, 5.41) is 25.6. The van der Waals surface area contributed by atoms with E-state index in [-0.39, 0.29) is 11.2 Å². The number of nitrogens with one attached hydrogen (secondary N) is 1. The summed E-state index contributed by atoms with van der Waals surface area (Å²) >= 11 is 3.71. The first-order chi connectivity index (χ1) is 53.9. The van der Waals surface area contributed by atoms with Crippen molar-refractivity contribution in [2.24, 2.45) is 10.9 Å². The first-order valence-corrected chi connectivity index (χ1v) is 42.2. The van der Waals surface area contributed by atoms with Crippen molar-refractivity contribution in [2.75, 3.05) is 11.5 Å². The van der Waals surface area contributed by atoms with Crippen molar-refractivity contribution in [1.29, 1.82) is 0 Å². The molecule has 8 heterocycles. The monoisotopic (exact) mass is 1550 g/mol. The number of pyridine rings is 1. The molecule has 2 aliphatic heterocycles. The summed E-state index contributed by atoms with van der Waals surface area (Å²) in [6, 6.07) is 57.7. The second-order valence-corrected chi connectivity index (χ2v) is 24.4. The van der Waals surface area contributed by atoms with Crippen LogP contribution in [0.25, 0.3) is 49.3 Å². The number of fused-ring (bicyclic) bond motifs is 3. The summed E-state index contributed by atoms with van der Waals surface area (Å²) in [6.07, 6.45) is 18.0. The Morgan fingerprint density at radius 2 is 1.08 bits per heavy atom. The van der Waals surface area contributed by atoms with E-state index in [2.05, 4.69) is 257 Å². The third-order valence-electron chi connectivity index (χ3n) is 13.6. The predicted molar refractivity (Wildman–Crippen MR) is 494 cm³/mol. The Balaban J connectivity index is -0.000000368. The standard InChI is InChI=1S/2C11H10.C10H9NO.C10H9N.C9H9N3O.C6H11N3.C5H7N.C5H10S.C4H5NO.C4H5NS.10C2H6/c1-9-5-4-7-10-6-2-3-8-11(9)10;1-9-6-7-10-4-2-3-5-11(10)8-9;1-8-2-4-9(5-3-8)10-6-11-12-7-10;1-8-4-2-5-9-6-3-7-11-10(8)9;1-7-2-4-8(5-3-7)12-6-10-11-9(12)13;1-6(2,3)9-5-7-4-8-9;1-5-3-2-4-6-5;1-5-2-3-6-4-5;1-4-2-3-5-6-4;1-4-2-6-3-5-4;10*1-2/h2*2-8H,1H3;2-7H,1H3;2-7H,1H3;2-6H,1H3,(H,11,13);4-5H,1-3H3;3-4H,2H2,1H3;5H,2-4H2,1H3;2*2-3H,1H3;10*1-2H3. The number of aromatic nitrogens is 10. The fraction of sp³-hybridized carbons (Fsp3) is 0.400. The number of H-pyrrole nitrogens is 1. The number of para-hydroxylation sites is 1. The van der Waals surface area contributed by atoms with E-state index in [9.17, 15) is 4.79 Å². The number of thiazole rings is 1. The van der Waals surface area contributed by atoms with Crippen LogP contribution in [-0.2, 0) is 5.54 Å². The van der Waals surface area contributed by atoms with Crippen LogP contribution in [0.15, 0.2) is 255 Å². The number of aliphatic imine (C=N–C) groups is 1. The van der Waals surface area contributed by atoms with Gasteiger partial charge in [-0.25, -0.2) is 24.1 Å². The first-order valence-electron chi connectivity index (χ1n) is 40.1. The number of aryl methyl sites for hydroxylation is 7. The van der Waals surface area contributed by atoms with Crippen molar-refractivity contribution in [3.63, 3.8) is 0 Å². The van der Waals surface area contributed by atoms with E-state index in [0.29, 0.717) is 0 Å². The number of rotatable bonds is 2. The highest BCUT2D eigenvalue weighted by Gasteiger charge is 2.12. The topological polar surface area (TPSA) is 172 Å². The molecule has 6 aromatic heterocycles. The number of thioether (sulfide) groups is 1. The van der Waals surface area contributed by atoms with Crippen molar-refractivity contribution in [3.8, 4) is 16.8 Å². The molecular weight excluding hydrogens is 1410 g/mol. The molecule has 0 bridgehead atoms. The SMILES string of the molecule is CC.CC.CC.CC.CC.CC.CC.CC.CC.CC.CC(C)(C)n1cncn1.CC1=CCC=N1.CC1CCSC1.Cc1ccc(-c2cnoc2)cc1.Cc1ccc(-n2cn[nH]c2=O)cc1.Cc1ccc2ccccc2c1.Cc1cccc2ccccc12.Cc1cccc2cccnc12.Cc1ccno1.Cc1cscn1. The Bertz CT molecular complexity index is 4080. The van der Waals surface area contributed by atoms with Crippen molar-refractivity contribution in [2.45, 2.75) is 240 Å². The summed E-state index contributed by atoms with van der Waals surface area (Å²) in [5.41, 5.74) is 14.4. The first kappa shape index (κ1) is 110. The minimum absolute atomic E-state index is 0.0660. The molecule has 1 fully saturated rings. The summed E-state index contributed by atoms with van der Waals surface area (Å²) in [5.74, 6) is 4.67. The van der Waals surface area contributed by atoms with Gasteiger partial charge in [-0.1, -0.05) is 324 Å². The zero-order valence-corrected chi connectivity index (χ0v) is 76.1. The van der Waals surface area contributed by atoms with E-state index >= 15 is 0 Å². The largest absolute Gasteiger partial charge is 0.364 e. The molecule has 0 radical (unpaired) electrons. The van der Waals surface area contributed by atoms with Gasteiger partial charge in [-0.2, -0.15) is 22.0 Å². The Hall–Kier alpha value is -9.64. The van der Waals surface area contributed by atoms with Crippen LogP contribution in [0, 0.1) is 54.4 Å². The molecule has 1 saturated heterocycles. The van der Waals surface area contributed by atoms with E-state index in [4.69, 9.17) is 4.52 Å². The van der Waals surface area contributed by atoms with E-state index in [0.717, 1.165) is 51.8 Å². The van der Waals surface area contributed by atoms with Crippen LogP contribution in [0.3, 0.4) is 0 Å². The molecule has 16 heteroatoms. The zero-order chi connectivity index (χ0) is 85.2. The lowest BCUT2D eigenvalue weighted by atomic mass is 10.1. The Morgan fingerprint density at radius 3 is 1.48 bits per heavy atom. The highest BCUT2D eigenvalue weighted by Crippen LogP contribution is 2.22. The van der Waals surface area contributed by atoms with Gasteiger partial charge in [0.15, 0.2) is 0 Å². The molecule has 1 atom stereocenters. The second-order valence-electron chi connectivity index (χ2n) is 22.6. The van der Waals surface area contributed by atoms with Crippen LogP contribution in [0.4, 0.5) is 0 Å². The molecule has 610 valence electrons. The van der Waals surface area contributed by atoms with E-state index < -0.39 is 0 Å². The van der Waals surface area contributed by atoms with E-state index in [1.807, 2.05) is 224 Å². The highest BCUT2D eigenvalue weighted by molar-refractivity contribution is 7.99. The summed E-state index contributed by atoms with van der Waals surface area (Å²) < 4.78 is 12.6.